The second kappa shape index (κ2) is 8.80. The van der Waals surface area contributed by atoms with Gasteiger partial charge < -0.3 is 9.80 Å². The summed E-state index contributed by atoms with van der Waals surface area (Å²) in [6.45, 7) is 6.12. The number of aromatic nitrogens is 2. The number of nitrogens with zero attached hydrogens (tertiary/aromatic N) is 4. The zero-order valence-corrected chi connectivity index (χ0v) is 17.4. The van der Waals surface area contributed by atoms with Crippen LogP contribution < -0.4 is 0 Å². The molecule has 0 saturated carbocycles. The summed E-state index contributed by atoms with van der Waals surface area (Å²) in [6, 6.07) is 7.50. The number of hydrogen-bond donors (Lipinski definition) is 0. The molecule has 2 aromatic rings. The Kier molecular flexibility index (Phi) is 6.42. The first kappa shape index (κ1) is 20.4. The number of amides is 2. The SMILES string of the molecule is CC(=O)N1CCN(C(=O)/C=C/c2c(C)nn(Cc3ccc(Cl)cc3)c2Cl)CC1. The van der Waals surface area contributed by atoms with Gasteiger partial charge in [0.15, 0.2) is 0 Å². The molecule has 0 aliphatic carbocycles. The summed E-state index contributed by atoms with van der Waals surface area (Å²) in [4.78, 5) is 27.3. The van der Waals surface area contributed by atoms with Crippen molar-refractivity contribution in [2.75, 3.05) is 26.2 Å². The third-order valence-corrected chi connectivity index (χ3v) is 5.43. The molecule has 1 aromatic heterocycles. The monoisotopic (exact) mass is 420 g/mol. The summed E-state index contributed by atoms with van der Waals surface area (Å²) in [5, 5.41) is 5.64. The zero-order chi connectivity index (χ0) is 20.3. The predicted octanol–water partition coefficient (Wildman–Crippen LogP) is 3.25. The minimum atomic E-state index is -0.0934. The van der Waals surface area contributed by atoms with E-state index in [9.17, 15) is 9.59 Å². The first-order valence-electron chi connectivity index (χ1n) is 9.05. The fourth-order valence-corrected chi connectivity index (χ4v) is 3.55. The van der Waals surface area contributed by atoms with Crippen molar-refractivity contribution in [3.8, 4) is 0 Å². The molecule has 2 heterocycles. The lowest BCUT2D eigenvalue weighted by Crippen LogP contribution is -2.49. The molecule has 1 aromatic carbocycles. The first-order chi connectivity index (χ1) is 13.3. The average molecular weight is 421 g/mol. The molecule has 2 amide bonds. The quantitative estimate of drug-likeness (QED) is 0.713. The topological polar surface area (TPSA) is 58.4 Å². The maximum atomic E-state index is 12.5. The molecule has 8 heteroatoms. The Hall–Kier alpha value is -2.31. The molecule has 1 fully saturated rings. The molecule has 3 rings (SSSR count). The van der Waals surface area contributed by atoms with E-state index in [2.05, 4.69) is 5.10 Å². The van der Waals surface area contributed by atoms with Crippen molar-refractivity contribution in [2.45, 2.75) is 20.4 Å². The van der Waals surface area contributed by atoms with Crippen LogP contribution in [-0.2, 0) is 16.1 Å². The number of hydrogen-bond acceptors (Lipinski definition) is 3. The minimum absolute atomic E-state index is 0.0400. The molecule has 1 saturated heterocycles. The lowest BCUT2D eigenvalue weighted by atomic mass is 10.2. The van der Waals surface area contributed by atoms with Crippen LogP contribution in [0.1, 0.15) is 23.7 Å². The number of benzene rings is 1. The molecule has 6 nitrogen and oxygen atoms in total. The summed E-state index contributed by atoms with van der Waals surface area (Å²) in [5.41, 5.74) is 2.51. The molecular weight excluding hydrogens is 399 g/mol. The Balaban J connectivity index is 1.67. The van der Waals surface area contributed by atoms with Gasteiger partial charge in [-0.05, 0) is 30.7 Å². The van der Waals surface area contributed by atoms with Crippen LogP contribution in [0.3, 0.4) is 0 Å². The molecular formula is C20H22Cl2N4O2. The molecule has 0 atom stereocenters. The maximum Gasteiger partial charge on any atom is 0.246 e. The highest BCUT2D eigenvalue weighted by Crippen LogP contribution is 2.23. The van der Waals surface area contributed by atoms with Gasteiger partial charge in [-0.2, -0.15) is 5.10 Å². The highest BCUT2D eigenvalue weighted by molar-refractivity contribution is 6.31. The summed E-state index contributed by atoms with van der Waals surface area (Å²) in [7, 11) is 0. The van der Waals surface area contributed by atoms with E-state index in [0.717, 1.165) is 16.8 Å². The number of halogens is 2. The van der Waals surface area contributed by atoms with Gasteiger partial charge in [0.1, 0.15) is 5.15 Å². The van der Waals surface area contributed by atoms with Gasteiger partial charge in [0.05, 0.1) is 12.2 Å². The molecule has 148 valence electrons. The van der Waals surface area contributed by atoms with Gasteiger partial charge >= 0.3 is 0 Å². The fraction of sp³-hybridized carbons (Fsp3) is 0.350. The van der Waals surface area contributed by atoms with Crippen molar-refractivity contribution in [2.24, 2.45) is 0 Å². The number of aryl methyl sites for hydroxylation is 1. The number of carbonyl (C=O) groups excluding carboxylic acids is 2. The molecule has 0 spiro atoms. The van der Waals surface area contributed by atoms with Crippen molar-refractivity contribution in [3.63, 3.8) is 0 Å². The van der Waals surface area contributed by atoms with Crippen molar-refractivity contribution < 1.29 is 9.59 Å². The van der Waals surface area contributed by atoms with E-state index >= 15 is 0 Å². The van der Waals surface area contributed by atoms with Gasteiger partial charge in [0.25, 0.3) is 0 Å². The molecule has 28 heavy (non-hydrogen) atoms. The van der Waals surface area contributed by atoms with Crippen molar-refractivity contribution in [3.05, 3.63) is 57.3 Å². The van der Waals surface area contributed by atoms with Crippen LogP contribution >= 0.6 is 23.2 Å². The summed E-state index contributed by atoms with van der Waals surface area (Å²) < 4.78 is 1.70. The standard InChI is InChI=1S/C20H22Cl2N4O2/c1-14-18(7-8-19(28)25-11-9-24(10-12-25)15(2)27)20(22)26(23-14)13-16-3-5-17(21)6-4-16/h3-8H,9-13H2,1-2H3/b8-7+. The summed E-state index contributed by atoms with van der Waals surface area (Å²) in [5.74, 6) is -0.0535. The van der Waals surface area contributed by atoms with Gasteiger partial charge in [-0.3, -0.25) is 9.59 Å². The van der Waals surface area contributed by atoms with Crippen LogP contribution in [0.4, 0.5) is 0 Å². The highest BCUT2D eigenvalue weighted by atomic mass is 35.5. The number of rotatable bonds is 4. The number of piperazine rings is 1. The second-order valence-electron chi connectivity index (χ2n) is 6.74. The third kappa shape index (κ3) is 4.75. The second-order valence-corrected chi connectivity index (χ2v) is 7.53. The Bertz CT molecular complexity index is 898. The third-order valence-electron chi connectivity index (χ3n) is 4.78. The molecule has 1 aliphatic rings. The van der Waals surface area contributed by atoms with E-state index in [1.807, 2.05) is 31.2 Å². The zero-order valence-electron chi connectivity index (χ0n) is 15.9. The van der Waals surface area contributed by atoms with Crippen LogP contribution in [0.25, 0.3) is 6.08 Å². The summed E-state index contributed by atoms with van der Waals surface area (Å²) >= 11 is 12.4. The fourth-order valence-electron chi connectivity index (χ4n) is 3.13. The molecule has 1 aliphatic heterocycles. The van der Waals surface area contributed by atoms with Crippen LogP contribution in [0.5, 0.6) is 0 Å². The van der Waals surface area contributed by atoms with Crippen molar-refractivity contribution in [1.82, 2.24) is 19.6 Å². The van der Waals surface area contributed by atoms with Crippen LogP contribution in [0.2, 0.25) is 10.2 Å². The van der Waals surface area contributed by atoms with Crippen LogP contribution in [0, 0.1) is 6.92 Å². The van der Waals surface area contributed by atoms with Crippen LogP contribution in [-0.4, -0.2) is 57.6 Å². The maximum absolute atomic E-state index is 12.5. The van der Waals surface area contributed by atoms with E-state index in [4.69, 9.17) is 23.2 Å². The van der Waals surface area contributed by atoms with E-state index < -0.39 is 0 Å². The molecule has 0 radical (unpaired) electrons. The Morgan fingerprint density at radius 2 is 1.68 bits per heavy atom. The van der Waals surface area contributed by atoms with E-state index in [0.29, 0.717) is 42.9 Å². The molecule has 0 N–H and O–H groups in total. The Morgan fingerprint density at radius 3 is 2.29 bits per heavy atom. The predicted molar refractivity (Wildman–Crippen MR) is 110 cm³/mol. The van der Waals surface area contributed by atoms with Gasteiger partial charge in [-0.15, -0.1) is 0 Å². The molecule has 0 unspecified atom stereocenters. The number of carbonyl (C=O) groups is 2. The molecule has 0 bridgehead atoms. The van der Waals surface area contributed by atoms with Gasteiger partial charge in [0.2, 0.25) is 11.8 Å². The van der Waals surface area contributed by atoms with E-state index in [1.165, 1.54) is 6.08 Å². The Labute approximate surface area is 174 Å². The normalized spacial score (nSPS) is 14.7. The van der Waals surface area contributed by atoms with Crippen LogP contribution in [0.15, 0.2) is 30.3 Å². The van der Waals surface area contributed by atoms with Crippen molar-refractivity contribution in [1.29, 1.82) is 0 Å². The summed E-state index contributed by atoms with van der Waals surface area (Å²) in [6.07, 6.45) is 3.23. The average Bonchev–Trinajstić information content (AvgIpc) is 2.94. The first-order valence-corrected chi connectivity index (χ1v) is 9.80. The van der Waals surface area contributed by atoms with Gasteiger partial charge in [-0.1, -0.05) is 35.3 Å². The minimum Gasteiger partial charge on any atom is -0.339 e. The smallest absolute Gasteiger partial charge is 0.246 e. The van der Waals surface area contributed by atoms with Gasteiger partial charge in [-0.25, -0.2) is 4.68 Å². The van der Waals surface area contributed by atoms with E-state index in [-0.39, 0.29) is 11.8 Å². The lowest BCUT2D eigenvalue weighted by molar-refractivity contribution is -0.135. The Morgan fingerprint density at radius 1 is 1.07 bits per heavy atom. The van der Waals surface area contributed by atoms with Crippen molar-refractivity contribution >= 4 is 41.1 Å². The highest BCUT2D eigenvalue weighted by Gasteiger charge is 2.21. The lowest BCUT2D eigenvalue weighted by Gasteiger charge is -2.33. The van der Waals surface area contributed by atoms with E-state index in [1.54, 1.807) is 27.5 Å². The van der Waals surface area contributed by atoms with Gasteiger partial charge in [0, 0.05) is 49.8 Å². The largest absolute Gasteiger partial charge is 0.339 e.